The number of aliphatic imine (C=N–C) groups is 1. The van der Waals surface area contributed by atoms with E-state index in [0.29, 0.717) is 32.0 Å². The predicted octanol–water partition coefficient (Wildman–Crippen LogP) is 8.06. The molecule has 0 fully saturated rings. The number of carbonyl (C=O) groups excluding carboxylic acids is 1. The first-order valence-electron chi connectivity index (χ1n) is 10.3. The number of carbonyl (C=O) groups is 1. The van der Waals surface area contributed by atoms with E-state index >= 15 is 0 Å². The Morgan fingerprint density at radius 2 is 1.74 bits per heavy atom. The van der Waals surface area contributed by atoms with Gasteiger partial charge in [0.2, 0.25) is 0 Å². The number of amides is 1. The third kappa shape index (κ3) is 6.06. The quantitative estimate of drug-likeness (QED) is 0.237. The van der Waals surface area contributed by atoms with Gasteiger partial charge in [0.05, 0.1) is 20.7 Å². The Morgan fingerprint density at radius 3 is 2.50 bits per heavy atom. The van der Waals surface area contributed by atoms with Crippen LogP contribution in [0.5, 0.6) is 5.75 Å². The van der Waals surface area contributed by atoms with Crippen molar-refractivity contribution in [2.24, 2.45) is 4.99 Å². The number of nitrogens with one attached hydrogen (secondary N) is 1. The second kappa shape index (κ2) is 10.9. The molecule has 0 unspecified atom stereocenters. The molecular formula is C27H19BrCl2N2O2. The van der Waals surface area contributed by atoms with Crippen LogP contribution in [-0.4, -0.2) is 17.2 Å². The van der Waals surface area contributed by atoms with E-state index in [9.17, 15) is 9.90 Å². The van der Waals surface area contributed by atoms with Crippen LogP contribution in [0.1, 0.15) is 27.0 Å². The second-order valence-electron chi connectivity index (χ2n) is 7.56. The maximum Gasteiger partial charge on any atom is 0.257 e. The van der Waals surface area contributed by atoms with E-state index in [1.807, 2.05) is 30.3 Å². The monoisotopic (exact) mass is 552 g/mol. The van der Waals surface area contributed by atoms with E-state index in [1.54, 1.807) is 42.6 Å². The van der Waals surface area contributed by atoms with Crippen molar-refractivity contribution in [3.8, 4) is 5.75 Å². The lowest BCUT2D eigenvalue weighted by atomic mass is 10.0. The molecule has 34 heavy (non-hydrogen) atoms. The van der Waals surface area contributed by atoms with Crippen LogP contribution < -0.4 is 5.32 Å². The third-order valence-electron chi connectivity index (χ3n) is 5.04. The molecule has 4 rings (SSSR count). The Morgan fingerprint density at radius 1 is 0.941 bits per heavy atom. The zero-order valence-electron chi connectivity index (χ0n) is 17.8. The van der Waals surface area contributed by atoms with Crippen molar-refractivity contribution >= 4 is 62.6 Å². The molecule has 0 saturated carbocycles. The molecular weight excluding hydrogens is 535 g/mol. The van der Waals surface area contributed by atoms with Gasteiger partial charge < -0.3 is 10.4 Å². The molecule has 0 aliphatic heterocycles. The smallest absolute Gasteiger partial charge is 0.257 e. The largest absolute Gasteiger partial charge is 0.506 e. The maximum absolute atomic E-state index is 12.6. The number of phenolic OH excluding ortho intramolecular Hbond substituents is 1. The van der Waals surface area contributed by atoms with Crippen molar-refractivity contribution in [3.05, 3.63) is 122 Å². The molecule has 0 radical (unpaired) electrons. The molecule has 0 aliphatic carbocycles. The lowest BCUT2D eigenvalue weighted by molar-refractivity contribution is 0.102. The molecule has 0 bridgehead atoms. The van der Waals surface area contributed by atoms with Crippen LogP contribution in [0.15, 0.2) is 94.4 Å². The van der Waals surface area contributed by atoms with Crippen LogP contribution in [0.4, 0.5) is 11.4 Å². The fraction of sp³-hybridized carbons (Fsp3) is 0.0370. The van der Waals surface area contributed by atoms with Crippen molar-refractivity contribution in [2.75, 3.05) is 5.32 Å². The molecule has 4 aromatic rings. The number of rotatable bonds is 6. The van der Waals surface area contributed by atoms with Gasteiger partial charge in [-0.15, -0.1) is 0 Å². The van der Waals surface area contributed by atoms with E-state index in [4.69, 9.17) is 23.2 Å². The second-order valence-corrected chi connectivity index (χ2v) is 9.26. The number of hydrogen-bond acceptors (Lipinski definition) is 3. The average Bonchev–Trinajstić information content (AvgIpc) is 2.81. The molecule has 7 heteroatoms. The normalized spacial score (nSPS) is 11.0. The molecule has 4 aromatic carbocycles. The lowest BCUT2D eigenvalue weighted by Gasteiger charge is -2.09. The minimum atomic E-state index is -0.349. The number of halogens is 3. The minimum Gasteiger partial charge on any atom is -0.506 e. The van der Waals surface area contributed by atoms with E-state index in [2.05, 4.69) is 38.4 Å². The lowest BCUT2D eigenvalue weighted by Crippen LogP contribution is -2.12. The maximum atomic E-state index is 12.6. The number of aromatic hydroxyl groups is 1. The van der Waals surface area contributed by atoms with Crippen LogP contribution in [0.2, 0.25) is 10.0 Å². The highest BCUT2D eigenvalue weighted by Crippen LogP contribution is 2.30. The van der Waals surface area contributed by atoms with Gasteiger partial charge in [0.1, 0.15) is 5.75 Å². The van der Waals surface area contributed by atoms with Gasteiger partial charge in [0.15, 0.2) is 0 Å². The Hall–Kier alpha value is -3.12. The molecule has 4 nitrogen and oxygen atoms in total. The van der Waals surface area contributed by atoms with E-state index < -0.39 is 0 Å². The molecule has 170 valence electrons. The number of hydrogen-bond donors (Lipinski definition) is 2. The summed E-state index contributed by atoms with van der Waals surface area (Å²) in [7, 11) is 0. The van der Waals surface area contributed by atoms with Gasteiger partial charge in [0, 0.05) is 22.5 Å². The summed E-state index contributed by atoms with van der Waals surface area (Å²) in [6.45, 7) is 0. The summed E-state index contributed by atoms with van der Waals surface area (Å²) < 4.78 is 0.600. The van der Waals surface area contributed by atoms with Crippen molar-refractivity contribution in [2.45, 2.75) is 6.42 Å². The SMILES string of the molecule is O=C(Nc1cccc(N=Cc2cc(Cc3ccccc3)cc(Br)c2O)c1)c1ccc(Cl)cc1Cl. The van der Waals surface area contributed by atoms with Gasteiger partial charge in [-0.1, -0.05) is 59.6 Å². The van der Waals surface area contributed by atoms with Gasteiger partial charge in [-0.25, -0.2) is 0 Å². The van der Waals surface area contributed by atoms with Crippen LogP contribution in [0, 0.1) is 0 Å². The van der Waals surface area contributed by atoms with Crippen LogP contribution in [-0.2, 0) is 6.42 Å². The fourth-order valence-electron chi connectivity index (χ4n) is 3.39. The van der Waals surface area contributed by atoms with Gasteiger partial charge in [0.25, 0.3) is 5.91 Å². The zero-order chi connectivity index (χ0) is 24.1. The number of anilines is 1. The number of benzene rings is 4. The summed E-state index contributed by atoms with van der Waals surface area (Å²) in [5, 5.41) is 14.0. The predicted molar refractivity (Wildman–Crippen MR) is 143 cm³/mol. The fourth-order valence-corrected chi connectivity index (χ4v) is 4.41. The summed E-state index contributed by atoms with van der Waals surface area (Å²) in [5.41, 5.74) is 4.30. The first-order valence-corrected chi connectivity index (χ1v) is 11.9. The summed E-state index contributed by atoms with van der Waals surface area (Å²) in [4.78, 5) is 17.1. The Kier molecular flexibility index (Phi) is 7.68. The van der Waals surface area contributed by atoms with Crippen molar-refractivity contribution < 1.29 is 9.90 Å². The third-order valence-corrected chi connectivity index (χ3v) is 6.19. The Bertz CT molecular complexity index is 1370. The summed E-state index contributed by atoms with van der Waals surface area (Å²) >= 11 is 15.5. The Labute approximate surface area is 216 Å². The molecule has 0 spiro atoms. The highest BCUT2D eigenvalue weighted by molar-refractivity contribution is 9.10. The highest BCUT2D eigenvalue weighted by atomic mass is 79.9. The summed E-state index contributed by atoms with van der Waals surface area (Å²) in [6.07, 6.45) is 2.33. The van der Waals surface area contributed by atoms with Gasteiger partial charge in [-0.05, 0) is 82.0 Å². The van der Waals surface area contributed by atoms with Gasteiger partial charge in [-0.2, -0.15) is 0 Å². The van der Waals surface area contributed by atoms with Gasteiger partial charge >= 0.3 is 0 Å². The van der Waals surface area contributed by atoms with Crippen molar-refractivity contribution in [1.29, 1.82) is 0 Å². The molecule has 0 aromatic heterocycles. The first kappa shape index (κ1) is 24.0. The first-order chi connectivity index (χ1) is 16.4. The Balaban J connectivity index is 1.53. The summed E-state index contributed by atoms with van der Waals surface area (Å²) in [6, 6.07) is 25.7. The van der Waals surface area contributed by atoms with E-state index in [0.717, 1.165) is 12.0 Å². The number of phenols is 1. The molecule has 0 heterocycles. The van der Waals surface area contributed by atoms with Gasteiger partial charge in [-0.3, -0.25) is 9.79 Å². The minimum absolute atomic E-state index is 0.113. The topological polar surface area (TPSA) is 61.7 Å². The molecule has 1 amide bonds. The molecule has 0 atom stereocenters. The van der Waals surface area contributed by atoms with Crippen LogP contribution >= 0.6 is 39.1 Å². The molecule has 2 N–H and O–H groups in total. The standard InChI is InChI=1S/C27H19BrCl2N2O2/c28-24-13-18(11-17-5-2-1-3-6-17)12-19(26(24)33)16-31-21-7-4-8-22(15-21)32-27(34)23-10-9-20(29)14-25(23)30/h1-10,12-16,33H,11H2,(H,32,34). The number of nitrogens with zero attached hydrogens (tertiary/aromatic N) is 1. The van der Waals surface area contributed by atoms with Crippen molar-refractivity contribution in [1.82, 2.24) is 0 Å². The zero-order valence-corrected chi connectivity index (χ0v) is 20.9. The molecule has 0 saturated heterocycles. The van der Waals surface area contributed by atoms with Crippen molar-refractivity contribution in [3.63, 3.8) is 0 Å². The average molecular weight is 554 g/mol. The summed E-state index contributed by atoms with van der Waals surface area (Å²) in [5.74, 6) is -0.236. The van der Waals surface area contributed by atoms with Crippen LogP contribution in [0.3, 0.4) is 0 Å². The van der Waals surface area contributed by atoms with Crippen LogP contribution in [0.25, 0.3) is 0 Å². The van der Waals surface area contributed by atoms with E-state index in [1.165, 1.54) is 11.6 Å². The van der Waals surface area contributed by atoms with E-state index in [-0.39, 0.29) is 16.7 Å². The molecule has 0 aliphatic rings. The highest BCUT2D eigenvalue weighted by Gasteiger charge is 2.11.